The molecule has 1 saturated carbocycles. The van der Waals surface area contributed by atoms with Crippen LogP contribution >= 0.6 is 0 Å². The second-order valence-corrected chi connectivity index (χ2v) is 4.93. The minimum absolute atomic E-state index is 0.114. The van der Waals surface area contributed by atoms with Gasteiger partial charge in [0.1, 0.15) is 0 Å². The number of carboxylic acids is 1. The highest BCUT2D eigenvalue weighted by atomic mass is 19.1. The summed E-state index contributed by atoms with van der Waals surface area (Å²) >= 11 is 0. The first-order valence-electron chi connectivity index (χ1n) is 6.93. The summed E-state index contributed by atoms with van der Waals surface area (Å²) in [5.41, 5.74) is -0.114. The molecule has 0 aromatic heterocycles. The Morgan fingerprint density at radius 3 is 2.75 bits per heavy atom. The van der Waals surface area contributed by atoms with Gasteiger partial charge in [0.2, 0.25) is 0 Å². The highest BCUT2D eigenvalue weighted by Crippen LogP contribution is 2.26. The van der Waals surface area contributed by atoms with Crippen molar-refractivity contribution in [3.05, 3.63) is 29.6 Å². The minimum Gasteiger partial charge on any atom is -0.545 e. The third-order valence-corrected chi connectivity index (χ3v) is 3.41. The van der Waals surface area contributed by atoms with Gasteiger partial charge in [-0.05, 0) is 31.0 Å². The number of benzene rings is 1. The fourth-order valence-corrected chi connectivity index (χ4v) is 2.31. The van der Waals surface area contributed by atoms with Gasteiger partial charge in [0.15, 0.2) is 17.9 Å². The molecule has 0 radical (unpaired) electrons. The first-order valence-corrected chi connectivity index (χ1v) is 6.93. The minimum atomic E-state index is -1.36. The molecule has 20 heavy (non-hydrogen) atoms. The maximum Gasteiger partial charge on any atom is 0.199 e. The smallest absolute Gasteiger partial charge is 0.199 e. The second-order valence-electron chi connectivity index (χ2n) is 4.93. The van der Waals surface area contributed by atoms with Gasteiger partial charge in [0, 0.05) is 12.0 Å². The van der Waals surface area contributed by atoms with E-state index >= 15 is 0 Å². The van der Waals surface area contributed by atoms with Gasteiger partial charge in [-0.2, -0.15) is 0 Å². The zero-order valence-electron chi connectivity index (χ0n) is 11.4. The number of carbonyl (C=O) groups excluding carboxylic acids is 1. The molecule has 1 aliphatic carbocycles. The molecule has 0 N–H and O–H groups in total. The van der Waals surface area contributed by atoms with E-state index in [0.29, 0.717) is 6.42 Å². The summed E-state index contributed by atoms with van der Waals surface area (Å²) < 4.78 is 24.9. The third kappa shape index (κ3) is 3.70. The van der Waals surface area contributed by atoms with Gasteiger partial charge in [-0.15, -0.1) is 0 Å². The lowest BCUT2D eigenvalue weighted by molar-refractivity contribution is -0.255. The van der Waals surface area contributed by atoms with Gasteiger partial charge in [-0.25, -0.2) is 4.39 Å². The molecule has 1 aromatic rings. The summed E-state index contributed by atoms with van der Waals surface area (Å²) in [6, 6.07) is 3.34. The predicted molar refractivity (Wildman–Crippen MR) is 68.8 cm³/mol. The van der Waals surface area contributed by atoms with E-state index in [-0.39, 0.29) is 17.4 Å². The zero-order valence-corrected chi connectivity index (χ0v) is 11.4. The van der Waals surface area contributed by atoms with Crippen molar-refractivity contribution in [3.63, 3.8) is 0 Å². The summed E-state index contributed by atoms with van der Waals surface area (Å²) in [4.78, 5) is 10.8. The first kappa shape index (κ1) is 14.8. The Balaban J connectivity index is 2.05. The fourth-order valence-electron chi connectivity index (χ4n) is 2.31. The van der Waals surface area contributed by atoms with Gasteiger partial charge in [-0.3, -0.25) is 0 Å². The van der Waals surface area contributed by atoms with Crippen LogP contribution in [0.4, 0.5) is 4.39 Å². The van der Waals surface area contributed by atoms with E-state index in [2.05, 4.69) is 0 Å². The Morgan fingerprint density at radius 2 is 2.15 bits per heavy atom. The van der Waals surface area contributed by atoms with Crippen LogP contribution in [0.25, 0.3) is 0 Å². The molecule has 0 amide bonds. The van der Waals surface area contributed by atoms with Crippen LogP contribution in [0.5, 0.6) is 5.75 Å². The van der Waals surface area contributed by atoms with Gasteiger partial charge in [-0.1, -0.05) is 19.8 Å². The summed E-state index contributed by atoms with van der Waals surface area (Å²) in [5.74, 6) is -2.08. The molecule has 0 heterocycles. The topological polar surface area (TPSA) is 58.6 Å². The van der Waals surface area contributed by atoms with Crippen molar-refractivity contribution >= 4 is 5.97 Å². The number of aromatic carboxylic acids is 1. The molecule has 5 heteroatoms. The summed E-state index contributed by atoms with van der Waals surface area (Å²) in [6.07, 6.45) is 4.39. The van der Waals surface area contributed by atoms with Crippen LogP contribution in [-0.4, -0.2) is 18.4 Å². The monoisotopic (exact) mass is 281 g/mol. The molecule has 0 bridgehead atoms. The predicted octanol–water partition coefficient (Wildman–Crippen LogP) is 2.26. The molecule has 4 nitrogen and oxygen atoms in total. The molecular weight excluding hydrogens is 263 g/mol. The molecule has 1 atom stereocenters. The highest BCUT2D eigenvalue weighted by Gasteiger charge is 2.21. The first-order chi connectivity index (χ1) is 9.60. The van der Waals surface area contributed by atoms with Crippen molar-refractivity contribution in [3.8, 4) is 5.75 Å². The zero-order chi connectivity index (χ0) is 14.5. The van der Waals surface area contributed by atoms with Gasteiger partial charge < -0.3 is 19.4 Å². The summed E-state index contributed by atoms with van der Waals surface area (Å²) in [5, 5.41) is 10.8. The van der Waals surface area contributed by atoms with Gasteiger partial charge >= 0.3 is 0 Å². The molecule has 1 aliphatic rings. The maximum atomic E-state index is 13.6. The van der Waals surface area contributed by atoms with Crippen LogP contribution in [0.2, 0.25) is 0 Å². The number of ether oxygens (including phenoxy) is 2. The number of carboxylic acid groups (broad SMARTS) is 1. The Labute approximate surface area is 117 Å². The Hall–Kier alpha value is -1.62. The Morgan fingerprint density at radius 1 is 1.45 bits per heavy atom. The van der Waals surface area contributed by atoms with Crippen molar-refractivity contribution in [2.24, 2.45) is 0 Å². The summed E-state index contributed by atoms with van der Waals surface area (Å²) in [7, 11) is 0. The van der Waals surface area contributed by atoms with Gasteiger partial charge in [0.05, 0.1) is 12.1 Å². The van der Waals surface area contributed by atoms with Crippen molar-refractivity contribution < 1.29 is 23.8 Å². The quantitative estimate of drug-likeness (QED) is 0.750. The number of hydrogen-bond acceptors (Lipinski definition) is 4. The normalized spacial score (nSPS) is 17.1. The number of halogens is 1. The largest absolute Gasteiger partial charge is 0.545 e. The van der Waals surface area contributed by atoms with E-state index in [9.17, 15) is 14.3 Å². The lowest BCUT2D eigenvalue weighted by atomic mass is 10.2. The average molecular weight is 281 g/mol. The number of rotatable bonds is 6. The summed E-state index contributed by atoms with van der Waals surface area (Å²) in [6.45, 7) is 1.88. The SMILES string of the molecule is CCC(Oc1cc(C(=O)[O-])ccc1F)OC1CCCC1. The lowest BCUT2D eigenvalue weighted by Gasteiger charge is -2.22. The molecule has 110 valence electrons. The highest BCUT2D eigenvalue weighted by molar-refractivity contribution is 5.86. The fraction of sp³-hybridized carbons (Fsp3) is 0.533. The molecule has 0 saturated heterocycles. The van der Waals surface area contributed by atoms with Crippen molar-refractivity contribution in [1.82, 2.24) is 0 Å². The van der Waals surface area contributed by atoms with Crippen LogP contribution in [0.3, 0.4) is 0 Å². The molecule has 1 aromatic carbocycles. The molecule has 0 aliphatic heterocycles. The van der Waals surface area contributed by atoms with Crippen LogP contribution in [0, 0.1) is 5.82 Å². The number of hydrogen-bond donors (Lipinski definition) is 0. The van der Waals surface area contributed by atoms with Crippen molar-refractivity contribution in [1.29, 1.82) is 0 Å². The number of carbonyl (C=O) groups is 1. The molecule has 0 spiro atoms. The van der Waals surface area contributed by atoms with Crippen LogP contribution in [0.1, 0.15) is 49.4 Å². The Bertz CT molecular complexity index is 469. The molecule has 2 rings (SSSR count). The molecule has 1 unspecified atom stereocenters. The van der Waals surface area contributed by atoms with E-state index in [1.54, 1.807) is 0 Å². The van der Waals surface area contributed by atoms with Crippen LogP contribution < -0.4 is 9.84 Å². The van der Waals surface area contributed by atoms with Crippen molar-refractivity contribution in [2.45, 2.75) is 51.4 Å². The average Bonchev–Trinajstić information content (AvgIpc) is 2.92. The second kappa shape index (κ2) is 6.70. The Kier molecular flexibility index (Phi) is 4.95. The van der Waals surface area contributed by atoms with E-state index in [4.69, 9.17) is 9.47 Å². The third-order valence-electron chi connectivity index (χ3n) is 3.41. The van der Waals surface area contributed by atoms with E-state index in [0.717, 1.165) is 43.9 Å². The van der Waals surface area contributed by atoms with E-state index in [1.807, 2.05) is 6.92 Å². The van der Waals surface area contributed by atoms with Gasteiger partial charge in [0.25, 0.3) is 0 Å². The standard InChI is InChI=1S/C15H19FO4/c1-2-14(19-11-5-3-4-6-11)20-13-9-10(15(17)18)7-8-12(13)16/h7-9,11,14H,2-6H2,1H3,(H,17,18)/p-1. The molecular formula is C15H18FO4-. The van der Waals surface area contributed by atoms with Crippen LogP contribution in [0.15, 0.2) is 18.2 Å². The van der Waals surface area contributed by atoms with E-state index < -0.39 is 18.1 Å². The lowest BCUT2D eigenvalue weighted by Crippen LogP contribution is -2.26. The van der Waals surface area contributed by atoms with E-state index in [1.165, 1.54) is 0 Å². The maximum absolute atomic E-state index is 13.6. The van der Waals surface area contributed by atoms with Crippen molar-refractivity contribution in [2.75, 3.05) is 0 Å². The van der Waals surface area contributed by atoms with Crippen LogP contribution in [-0.2, 0) is 4.74 Å². The molecule has 1 fully saturated rings.